The molecule has 114 valence electrons. The smallest absolute Gasteiger partial charge is 0.254 e. The molecule has 2 aliphatic rings. The Morgan fingerprint density at radius 3 is 3.00 bits per heavy atom. The van der Waals surface area contributed by atoms with Gasteiger partial charge < -0.3 is 15.3 Å². The van der Waals surface area contributed by atoms with E-state index in [1.165, 1.54) is 0 Å². The largest absolute Gasteiger partial charge is 0.393 e. The van der Waals surface area contributed by atoms with Crippen LogP contribution in [0.25, 0.3) is 0 Å². The lowest BCUT2D eigenvalue weighted by Gasteiger charge is -2.19. The number of rotatable bonds is 3. The van der Waals surface area contributed by atoms with Crippen molar-refractivity contribution in [1.29, 1.82) is 0 Å². The molecule has 1 aromatic rings. The number of hydrogen-bond acceptors (Lipinski definition) is 4. The highest BCUT2D eigenvalue weighted by atomic mass is 35.5. The lowest BCUT2D eigenvalue weighted by atomic mass is 10.00. The van der Waals surface area contributed by atoms with E-state index in [0.29, 0.717) is 29.0 Å². The lowest BCUT2D eigenvalue weighted by molar-refractivity contribution is 0.0752. The molecule has 2 heterocycles. The maximum atomic E-state index is 12.6. The minimum Gasteiger partial charge on any atom is -0.393 e. The number of aliphatic hydroxyl groups excluding tert-OH is 1. The van der Waals surface area contributed by atoms with Gasteiger partial charge in [0.1, 0.15) is 11.0 Å². The molecule has 0 bridgehead atoms. The summed E-state index contributed by atoms with van der Waals surface area (Å²) in [6.45, 7) is 4.06. The Kier molecular flexibility index (Phi) is 4.04. The summed E-state index contributed by atoms with van der Waals surface area (Å²) in [6.07, 6.45) is 1.62. The highest BCUT2D eigenvalue weighted by Gasteiger charge is 2.43. The second-order valence-corrected chi connectivity index (χ2v) is 6.26. The maximum Gasteiger partial charge on any atom is 0.254 e. The van der Waals surface area contributed by atoms with E-state index >= 15 is 0 Å². The molecule has 5 nitrogen and oxygen atoms in total. The summed E-state index contributed by atoms with van der Waals surface area (Å²) >= 11 is 5.99. The minimum absolute atomic E-state index is 0.0277. The first-order chi connectivity index (χ1) is 10.1. The quantitative estimate of drug-likeness (QED) is 0.838. The molecule has 1 aliphatic carbocycles. The van der Waals surface area contributed by atoms with Gasteiger partial charge in [-0.05, 0) is 37.8 Å². The standard InChI is InChI=1S/C15H20ClN3O2/c1-2-17-14-6-10(5-13(16)18-14)15(21)19-7-9-3-4-12(20)11(9)8-19/h5-6,9,11-12,20H,2-4,7-8H2,1H3,(H,17,18). The van der Waals surface area contributed by atoms with Crippen LogP contribution in [0.4, 0.5) is 5.82 Å². The number of nitrogens with one attached hydrogen (secondary N) is 1. The predicted octanol–water partition coefficient (Wildman–Crippen LogP) is 2.01. The minimum atomic E-state index is -0.258. The van der Waals surface area contributed by atoms with Gasteiger partial charge in [0.25, 0.3) is 5.91 Å². The molecule has 6 heteroatoms. The molecule has 2 N–H and O–H groups in total. The number of nitrogens with zero attached hydrogens (tertiary/aromatic N) is 2. The Balaban J connectivity index is 1.77. The number of anilines is 1. The summed E-state index contributed by atoms with van der Waals surface area (Å²) in [5, 5.41) is 13.3. The van der Waals surface area contributed by atoms with Gasteiger partial charge in [0, 0.05) is 31.1 Å². The van der Waals surface area contributed by atoms with Gasteiger partial charge in [-0.15, -0.1) is 0 Å². The highest BCUT2D eigenvalue weighted by Crippen LogP contribution is 2.38. The van der Waals surface area contributed by atoms with Crippen molar-refractivity contribution in [3.8, 4) is 0 Å². The Morgan fingerprint density at radius 1 is 1.48 bits per heavy atom. The van der Waals surface area contributed by atoms with Crippen LogP contribution in [0.2, 0.25) is 5.15 Å². The summed E-state index contributed by atoms with van der Waals surface area (Å²) < 4.78 is 0. The zero-order valence-corrected chi connectivity index (χ0v) is 12.8. The number of aliphatic hydroxyl groups is 1. The summed E-state index contributed by atoms with van der Waals surface area (Å²) in [5.41, 5.74) is 0.556. The van der Waals surface area contributed by atoms with Gasteiger partial charge in [-0.1, -0.05) is 11.6 Å². The molecule has 0 radical (unpaired) electrons. The van der Waals surface area contributed by atoms with Crippen molar-refractivity contribution in [1.82, 2.24) is 9.88 Å². The second kappa shape index (κ2) is 5.81. The van der Waals surface area contributed by atoms with Crippen LogP contribution in [0.5, 0.6) is 0 Å². The van der Waals surface area contributed by atoms with Gasteiger partial charge in [0.2, 0.25) is 0 Å². The van der Waals surface area contributed by atoms with E-state index in [0.717, 1.165) is 25.9 Å². The van der Waals surface area contributed by atoms with E-state index in [1.54, 1.807) is 12.1 Å². The number of hydrogen-bond donors (Lipinski definition) is 2. The molecule has 1 saturated carbocycles. The van der Waals surface area contributed by atoms with Gasteiger partial charge in [0.05, 0.1) is 6.10 Å². The molecule has 1 aromatic heterocycles. The van der Waals surface area contributed by atoms with E-state index in [4.69, 9.17) is 11.6 Å². The number of amides is 1. The molecule has 1 saturated heterocycles. The van der Waals surface area contributed by atoms with Crippen LogP contribution in [0.3, 0.4) is 0 Å². The predicted molar refractivity (Wildman–Crippen MR) is 81.5 cm³/mol. The van der Waals surface area contributed by atoms with Crippen molar-refractivity contribution in [3.63, 3.8) is 0 Å². The van der Waals surface area contributed by atoms with Gasteiger partial charge in [0.15, 0.2) is 0 Å². The third-order valence-electron chi connectivity index (χ3n) is 4.51. The molecule has 2 fully saturated rings. The fourth-order valence-electron chi connectivity index (χ4n) is 3.48. The van der Waals surface area contributed by atoms with Crippen molar-refractivity contribution >= 4 is 23.3 Å². The van der Waals surface area contributed by atoms with Crippen LogP contribution in [-0.2, 0) is 0 Å². The number of pyridine rings is 1. The van der Waals surface area contributed by atoms with E-state index < -0.39 is 0 Å². The van der Waals surface area contributed by atoms with Gasteiger partial charge in [-0.2, -0.15) is 0 Å². The molecule has 3 unspecified atom stereocenters. The number of halogens is 1. The van der Waals surface area contributed by atoms with Crippen molar-refractivity contribution < 1.29 is 9.90 Å². The SMILES string of the molecule is CCNc1cc(C(=O)N2CC3CCC(O)C3C2)cc(Cl)n1. The zero-order valence-electron chi connectivity index (χ0n) is 12.1. The molecule has 3 atom stereocenters. The summed E-state index contributed by atoms with van der Waals surface area (Å²) in [5.74, 6) is 1.27. The third kappa shape index (κ3) is 2.85. The first-order valence-corrected chi connectivity index (χ1v) is 7.85. The van der Waals surface area contributed by atoms with Crippen LogP contribution in [0.15, 0.2) is 12.1 Å². The Labute approximate surface area is 129 Å². The fourth-order valence-corrected chi connectivity index (χ4v) is 3.69. The van der Waals surface area contributed by atoms with Gasteiger partial charge in [-0.3, -0.25) is 4.79 Å². The monoisotopic (exact) mass is 309 g/mol. The molecular weight excluding hydrogens is 290 g/mol. The second-order valence-electron chi connectivity index (χ2n) is 5.87. The molecular formula is C15H20ClN3O2. The van der Waals surface area contributed by atoms with Crippen molar-refractivity contribution in [3.05, 3.63) is 22.8 Å². The number of fused-ring (bicyclic) bond motifs is 1. The van der Waals surface area contributed by atoms with Crippen LogP contribution in [0.1, 0.15) is 30.1 Å². The first-order valence-electron chi connectivity index (χ1n) is 7.47. The molecule has 0 spiro atoms. The average Bonchev–Trinajstić information content (AvgIpc) is 3.00. The van der Waals surface area contributed by atoms with E-state index in [9.17, 15) is 9.90 Å². The molecule has 0 aromatic carbocycles. The van der Waals surface area contributed by atoms with Crippen LogP contribution < -0.4 is 5.32 Å². The Bertz CT molecular complexity index is 552. The number of carbonyl (C=O) groups is 1. The Morgan fingerprint density at radius 2 is 2.29 bits per heavy atom. The average molecular weight is 310 g/mol. The van der Waals surface area contributed by atoms with Crippen LogP contribution in [0, 0.1) is 11.8 Å². The number of likely N-dealkylation sites (tertiary alicyclic amines) is 1. The van der Waals surface area contributed by atoms with Crippen molar-refractivity contribution in [2.45, 2.75) is 25.9 Å². The van der Waals surface area contributed by atoms with Gasteiger partial charge >= 0.3 is 0 Å². The van der Waals surface area contributed by atoms with E-state index in [2.05, 4.69) is 10.3 Å². The summed E-state index contributed by atoms with van der Waals surface area (Å²) in [6, 6.07) is 3.34. The maximum absolute atomic E-state index is 12.6. The number of carbonyl (C=O) groups excluding carboxylic acids is 1. The topological polar surface area (TPSA) is 65.5 Å². The first kappa shape index (κ1) is 14.6. The lowest BCUT2D eigenvalue weighted by Crippen LogP contribution is -2.31. The normalized spacial score (nSPS) is 27.8. The molecule has 1 amide bonds. The van der Waals surface area contributed by atoms with Crippen molar-refractivity contribution in [2.75, 3.05) is 25.0 Å². The summed E-state index contributed by atoms with van der Waals surface area (Å²) in [4.78, 5) is 18.6. The third-order valence-corrected chi connectivity index (χ3v) is 4.70. The number of aromatic nitrogens is 1. The van der Waals surface area contributed by atoms with Crippen LogP contribution in [-0.4, -0.2) is 46.6 Å². The Hall–Kier alpha value is -1.33. The highest BCUT2D eigenvalue weighted by molar-refractivity contribution is 6.29. The zero-order chi connectivity index (χ0) is 15.0. The molecule has 1 aliphatic heterocycles. The van der Waals surface area contributed by atoms with E-state index in [1.807, 2.05) is 11.8 Å². The van der Waals surface area contributed by atoms with E-state index in [-0.39, 0.29) is 17.9 Å². The fraction of sp³-hybridized carbons (Fsp3) is 0.600. The molecule has 3 rings (SSSR count). The van der Waals surface area contributed by atoms with Crippen LogP contribution >= 0.6 is 11.6 Å². The van der Waals surface area contributed by atoms with Crippen molar-refractivity contribution in [2.24, 2.45) is 11.8 Å². The summed E-state index contributed by atoms with van der Waals surface area (Å²) in [7, 11) is 0. The van der Waals surface area contributed by atoms with Gasteiger partial charge in [-0.25, -0.2) is 4.98 Å². The molecule has 21 heavy (non-hydrogen) atoms.